The summed E-state index contributed by atoms with van der Waals surface area (Å²) in [6.07, 6.45) is -4.23. The molecular weight excluding hydrogens is 211 g/mol. The molecule has 0 atom stereocenters. The number of nitrogens with zero attached hydrogens (tertiary/aromatic N) is 1. The van der Waals surface area contributed by atoms with Gasteiger partial charge in [0, 0.05) is 19.1 Å². The van der Waals surface area contributed by atoms with Gasteiger partial charge in [-0.2, -0.15) is 13.2 Å². The predicted octanol–water partition coefficient (Wildman–Crippen LogP) is 1.56. The van der Waals surface area contributed by atoms with Crippen LogP contribution in [0.2, 0.25) is 0 Å². The summed E-state index contributed by atoms with van der Waals surface area (Å²) in [5.74, 6) is -0.573. The van der Waals surface area contributed by atoms with Crippen LogP contribution in [0.3, 0.4) is 0 Å². The van der Waals surface area contributed by atoms with Gasteiger partial charge in [0.05, 0.1) is 0 Å². The van der Waals surface area contributed by atoms with Gasteiger partial charge in [0.2, 0.25) is 5.91 Å². The molecule has 0 heterocycles. The molecule has 1 amide bonds. The topological polar surface area (TPSA) is 40.5 Å². The van der Waals surface area contributed by atoms with Crippen LogP contribution in [0.5, 0.6) is 0 Å². The van der Waals surface area contributed by atoms with Gasteiger partial charge in [0.1, 0.15) is 6.54 Å². The van der Waals surface area contributed by atoms with Gasteiger partial charge >= 0.3 is 6.18 Å². The Morgan fingerprint density at radius 3 is 2.27 bits per heavy atom. The molecule has 3 nitrogen and oxygen atoms in total. The minimum atomic E-state index is -4.38. The van der Waals surface area contributed by atoms with Gasteiger partial charge in [0.25, 0.3) is 0 Å². The third-order valence-electron chi connectivity index (χ3n) is 1.84. The number of amides is 1. The van der Waals surface area contributed by atoms with Crippen molar-refractivity contribution in [2.75, 3.05) is 13.2 Å². The highest BCUT2D eigenvalue weighted by molar-refractivity contribution is 5.76. The lowest BCUT2D eigenvalue weighted by molar-refractivity contribution is -0.164. The number of alkyl halides is 3. The first-order chi connectivity index (χ1) is 6.78. The molecule has 0 aromatic carbocycles. The minimum absolute atomic E-state index is 0.0508. The molecule has 0 rings (SSSR count). The van der Waals surface area contributed by atoms with Crippen molar-refractivity contribution in [1.82, 2.24) is 4.90 Å². The van der Waals surface area contributed by atoms with Crippen molar-refractivity contribution in [3.63, 3.8) is 0 Å². The van der Waals surface area contributed by atoms with Crippen LogP contribution in [-0.4, -0.2) is 41.3 Å². The van der Waals surface area contributed by atoms with E-state index in [1.165, 1.54) is 13.8 Å². The number of rotatable bonds is 5. The molecule has 0 spiro atoms. The molecule has 6 heteroatoms. The van der Waals surface area contributed by atoms with Gasteiger partial charge < -0.3 is 10.0 Å². The largest absolute Gasteiger partial charge is 0.406 e. The fraction of sp³-hybridized carbons (Fsp3) is 0.889. The highest BCUT2D eigenvalue weighted by Gasteiger charge is 2.33. The molecule has 0 unspecified atom stereocenters. The smallest absolute Gasteiger partial charge is 0.396 e. The third-order valence-corrected chi connectivity index (χ3v) is 1.84. The van der Waals surface area contributed by atoms with Crippen LogP contribution < -0.4 is 0 Å². The quantitative estimate of drug-likeness (QED) is 0.774. The molecule has 15 heavy (non-hydrogen) atoms. The van der Waals surface area contributed by atoms with Gasteiger partial charge in [-0.1, -0.05) is 0 Å². The van der Waals surface area contributed by atoms with Crippen molar-refractivity contribution < 1.29 is 23.1 Å². The van der Waals surface area contributed by atoms with Gasteiger partial charge in [-0.15, -0.1) is 0 Å². The zero-order chi connectivity index (χ0) is 12.1. The Morgan fingerprint density at radius 1 is 1.40 bits per heavy atom. The number of hydrogen-bond acceptors (Lipinski definition) is 2. The Bertz CT molecular complexity index is 204. The zero-order valence-corrected chi connectivity index (χ0v) is 8.84. The van der Waals surface area contributed by atoms with Crippen molar-refractivity contribution in [2.24, 2.45) is 0 Å². The van der Waals surface area contributed by atoms with Crippen LogP contribution in [0.4, 0.5) is 13.2 Å². The van der Waals surface area contributed by atoms with Crippen LogP contribution in [0, 0.1) is 0 Å². The van der Waals surface area contributed by atoms with Crippen molar-refractivity contribution >= 4 is 5.91 Å². The summed E-state index contributed by atoms with van der Waals surface area (Å²) in [4.78, 5) is 12.1. The van der Waals surface area contributed by atoms with Crippen LogP contribution in [0.25, 0.3) is 0 Å². The van der Waals surface area contributed by atoms with E-state index in [4.69, 9.17) is 5.11 Å². The number of aliphatic hydroxyl groups is 1. The molecule has 0 saturated carbocycles. The number of carbonyl (C=O) groups is 1. The Kier molecular flexibility index (Phi) is 5.64. The van der Waals surface area contributed by atoms with E-state index in [-0.39, 0.29) is 19.4 Å². The van der Waals surface area contributed by atoms with Gasteiger partial charge in [-0.05, 0) is 20.3 Å². The van der Waals surface area contributed by atoms with Crippen molar-refractivity contribution in [2.45, 2.75) is 38.9 Å². The van der Waals surface area contributed by atoms with Crippen LogP contribution in [0.1, 0.15) is 26.7 Å². The molecule has 0 aliphatic rings. The Hall–Kier alpha value is -0.780. The summed E-state index contributed by atoms with van der Waals surface area (Å²) in [5.41, 5.74) is 0. The molecule has 0 saturated heterocycles. The lowest BCUT2D eigenvalue weighted by Gasteiger charge is -2.27. The van der Waals surface area contributed by atoms with E-state index in [0.717, 1.165) is 4.90 Å². The molecule has 0 radical (unpaired) electrons. The molecule has 90 valence electrons. The summed E-state index contributed by atoms with van der Waals surface area (Å²) in [5, 5.41) is 8.48. The van der Waals surface area contributed by atoms with E-state index < -0.39 is 24.7 Å². The van der Waals surface area contributed by atoms with Crippen LogP contribution in [-0.2, 0) is 4.79 Å². The maximum atomic E-state index is 12.1. The van der Waals surface area contributed by atoms with Crippen molar-refractivity contribution in [3.05, 3.63) is 0 Å². The maximum Gasteiger partial charge on any atom is 0.406 e. The standard InChI is InChI=1S/C9H16F3NO2/c1-7(2)13(6-9(10,11)12)8(15)4-3-5-14/h7,14H,3-6H2,1-2H3. The number of aliphatic hydroxyl groups excluding tert-OH is 1. The first kappa shape index (κ1) is 14.2. The highest BCUT2D eigenvalue weighted by Crippen LogP contribution is 2.18. The van der Waals surface area contributed by atoms with E-state index in [1.54, 1.807) is 0 Å². The Labute approximate surface area is 86.9 Å². The van der Waals surface area contributed by atoms with Crippen LogP contribution in [0.15, 0.2) is 0 Å². The number of carbonyl (C=O) groups excluding carboxylic acids is 1. The summed E-state index contributed by atoms with van der Waals surface area (Å²) in [7, 11) is 0. The molecule has 0 bridgehead atoms. The van der Waals surface area contributed by atoms with E-state index in [9.17, 15) is 18.0 Å². The molecule has 1 N–H and O–H groups in total. The second-order valence-electron chi connectivity index (χ2n) is 3.56. The average molecular weight is 227 g/mol. The average Bonchev–Trinajstić information content (AvgIpc) is 2.08. The van der Waals surface area contributed by atoms with E-state index >= 15 is 0 Å². The van der Waals surface area contributed by atoms with E-state index in [0.29, 0.717) is 0 Å². The number of halogens is 3. The predicted molar refractivity (Wildman–Crippen MR) is 49.2 cm³/mol. The lowest BCUT2D eigenvalue weighted by Crippen LogP contribution is -2.43. The van der Waals surface area contributed by atoms with E-state index in [2.05, 4.69) is 0 Å². The van der Waals surface area contributed by atoms with Gasteiger partial charge in [0.15, 0.2) is 0 Å². The highest BCUT2D eigenvalue weighted by atomic mass is 19.4. The molecule has 0 aliphatic carbocycles. The third kappa shape index (κ3) is 6.33. The second kappa shape index (κ2) is 5.95. The zero-order valence-electron chi connectivity index (χ0n) is 8.84. The first-order valence-corrected chi connectivity index (χ1v) is 4.75. The molecule has 0 fully saturated rings. The Morgan fingerprint density at radius 2 is 1.93 bits per heavy atom. The molecule has 0 aromatic rings. The SMILES string of the molecule is CC(C)N(CC(F)(F)F)C(=O)CCCO. The fourth-order valence-corrected chi connectivity index (χ4v) is 1.13. The normalized spacial score (nSPS) is 11.9. The van der Waals surface area contributed by atoms with Crippen LogP contribution >= 0.6 is 0 Å². The summed E-state index contributed by atoms with van der Waals surface area (Å²) >= 11 is 0. The van der Waals surface area contributed by atoms with Crippen molar-refractivity contribution in [3.8, 4) is 0 Å². The second-order valence-corrected chi connectivity index (χ2v) is 3.56. The number of hydrogen-bond donors (Lipinski definition) is 1. The fourth-order valence-electron chi connectivity index (χ4n) is 1.13. The summed E-state index contributed by atoms with van der Waals surface area (Å²) < 4.78 is 36.3. The Balaban J connectivity index is 4.33. The minimum Gasteiger partial charge on any atom is -0.396 e. The lowest BCUT2D eigenvalue weighted by atomic mass is 10.2. The summed E-state index contributed by atoms with van der Waals surface area (Å²) in [6, 6.07) is -0.488. The van der Waals surface area contributed by atoms with Crippen molar-refractivity contribution in [1.29, 1.82) is 0 Å². The summed E-state index contributed by atoms with van der Waals surface area (Å²) in [6.45, 7) is 1.64. The van der Waals surface area contributed by atoms with E-state index in [1.807, 2.05) is 0 Å². The molecule has 0 aromatic heterocycles. The van der Waals surface area contributed by atoms with Gasteiger partial charge in [-0.3, -0.25) is 4.79 Å². The maximum absolute atomic E-state index is 12.1. The first-order valence-electron chi connectivity index (χ1n) is 4.75. The van der Waals surface area contributed by atoms with Gasteiger partial charge in [-0.25, -0.2) is 0 Å². The molecular formula is C9H16F3NO2. The molecule has 0 aliphatic heterocycles. The monoisotopic (exact) mass is 227 g/mol.